The summed E-state index contributed by atoms with van der Waals surface area (Å²) < 4.78 is 0. The Kier molecular flexibility index (Phi) is 6.10. The summed E-state index contributed by atoms with van der Waals surface area (Å²) in [6, 6.07) is -1.38. The van der Waals surface area contributed by atoms with Gasteiger partial charge in [-0.05, 0) is 6.42 Å². The Morgan fingerprint density at radius 1 is 1.16 bits per heavy atom. The van der Waals surface area contributed by atoms with Crippen molar-refractivity contribution in [3.63, 3.8) is 0 Å². The summed E-state index contributed by atoms with van der Waals surface area (Å²) in [7, 11) is 0. The molecule has 1 fully saturated rings. The number of nitrogens with one attached hydrogen (secondary N) is 3. The van der Waals surface area contributed by atoms with Crippen molar-refractivity contribution in [3.8, 4) is 0 Å². The molecule has 1 heterocycles. The monoisotopic (exact) mass is 270 g/mol. The van der Waals surface area contributed by atoms with E-state index in [0.717, 1.165) is 0 Å². The number of hydrogen-bond acceptors (Lipinski definition) is 6. The van der Waals surface area contributed by atoms with E-state index in [0.29, 0.717) is 12.7 Å². The van der Waals surface area contributed by atoms with Crippen molar-refractivity contribution in [1.82, 2.24) is 16.0 Å². The molecule has 0 bridgehead atoms. The van der Waals surface area contributed by atoms with Crippen LogP contribution >= 0.6 is 0 Å². The van der Waals surface area contributed by atoms with Crippen molar-refractivity contribution >= 4 is 23.9 Å². The zero-order valence-electron chi connectivity index (χ0n) is 10.5. The van der Waals surface area contributed by atoms with E-state index in [1.165, 1.54) is 0 Å². The number of rotatable bonds is 1. The summed E-state index contributed by atoms with van der Waals surface area (Å²) in [5.74, 6) is -1.15. The van der Waals surface area contributed by atoms with E-state index in [1.807, 2.05) is 0 Å². The fourth-order valence-electron chi connectivity index (χ4n) is 1.55. The second kappa shape index (κ2) is 7.59. The number of hydrogen-bond donors (Lipinski definition) is 4. The Labute approximate surface area is 110 Å². The Balaban J connectivity index is 2.65. The summed E-state index contributed by atoms with van der Waals surface area (Å²) in [6.07, 6.45) is 0.577. The van der Waals surface area contributed by atoms with Gasteiger partial charge in [-0.3, -0.25) is 19.7 Å². The summed E-state index contributed by atoms with van der Waals surface area (Å²) in [6.45, 7) is 0.211. The van der Waals surface area contributed by atoms with Crippen molar-refractivity contribution in [2.24, 2.45) is 5.73 Å². The van der Waals surface area contributed by atoms with Gasteiger partial charge in [0.1, 0.15) is 12.7 Å². The summed E-state index contributed by atoms with van der Waals surface area (Å²) in [5, 5.41) is 7.65. The minimum atomic E-state index is -0.704. The van der Waals surface area contributed by atoms with Crippen LogP contribution in [0.25, 0.3) is 0 Å². The Bertz CT molecular complexity index is 372. The highest BCUT2D eigenvalue weighted by atomic mass is 16.2. The molecule has 8 heteroatoms. The standard InChI is InChI=1S/C11H18N4O4/c12-8-1-2-13-10(18)3-11(19)15-4-7(6-16)14-5-9(8)17/h6-8,14H,1-5,12H2,(H,13,18)(H,15,19). The van der Waals surface area contributed by atoms with Gasteiger partial charge in [-0.1, -0.05) is 0 Å². The molecule has 1 saturated heterocycles. The molecule has 1 rings (SSSR count). The fourth-order valence-corrected chi connectivity index (χ4v) is 1.55. The number of amides is 2. The van der Waals surface area contributed by atoms with E-state index in [1.54, 1.807) is 0 Å². The van der Waals surface area contributed by atoms with Gasteiger partial charge in [0.2, 0.25) is 11.8 Å². The SMILES string of the molecule is NC1CCNC(=O)CC(=O)NCC(C=O)NCC1=O. The lowest BCUT2D eigenvalue weighted by atomic mass is 10.1. The van der Waals surface area contributed by atoms with Crippen molar-refractivity contribution in [2.45, 2.75) is 24.9 Å². The highest BCUT2D eigenvalue weighted by Crippen LogP contribution is 1.92. The van der Waals surface area contributed by atoms with Crippen LogP contribution in [0.15, 0.2) is 0 Å². The van der Waals surface area contributed by atoms with E-state index in [9.17, 15) is 19.2 Å². The third kappa shape index (κ3) is 5.58. The average molecular weight is 270 g/mol. The lowest BCUT2D eigenvalue weighted by Gasteiger charge is -2.14. The molecule has 0 saturated carbocycles. The Morgan fingerprint density at radius 2 is 1.84 bits per heavy atom. The molecule has 0 aromatic heterocycles. The van der Waals surface area contributed by atoms with Crippen LogP contribution in [0.4, 0.5) is 0 Å². The van der Waals surface area contributed by atoms with Crippen LogP contribution in [0.2, 0.25) is 0 Å². The molecule has 1 aliphatic rings. The Morgan fingerprint density at radius 3 is 2.53 bits per heavy atom. The van der Waals surface area contributed by atoms with Crippen LogP contribution in [-0.2, 0) is 19.2 Å². The summed E-state index contributed by atoms with van der Waals surface area (Å²) in [4.78, 5) is 45.1. The molecule has 0 radical (unpaired) electrons. The molecule has 2 atom stereocenters. The van der Waals surface area contributed by atoms with Crippen molar-refractivity contribution in [2.75, 3.05) is 19.6 Å². The quantitative estimate of drug-likeness (QED) is 0.298. The second-order valence-corrected chi connectivity index (χ2v) is 4.32. The van der Waals surface area contributed by atoms with E-state index in [-0.39, 0.29) is 31.8 Å². The molecule has 106 valence electrons. The van der Waals surface area contributed by atoms with E-state index < -0.39 is 23.9 Å². The molecular weight excluding hydrogens is 252 g/mol. The predicted octanol–water partition coefficient (Wildman–Crippen LogP) is -2.93. The van der Waals surface area contributed by atoms with E-state index >= 15 is 0 Å². The minimum absolute atomic E-state index is 0.0259. The van der Waals surface area contributed by atoms with Gasteiger partial charge in [0.05, 0.1) is 18.6 Å². The molecule has 5 N–H and O–H groups in total. The van der Waals surface area contributed by atoms with Gasteiger partial charge >= 0.3 is 0 Å². The smallest absolute Gasteiger partial charge is 0.229 e. The van der Waals surface area contributed by atoms with Crippen molar-refractivity contribution < 1.29 is 19.2 Å². The zero-order chi connectivity index (χ0) is 14.3. The minimum Gasteiger partial charge on any atom is -0.356 e. The normalized spacial score (nSPS) is 27.3. The number of carbonyl (C=O) groups excluding carboxylic acids is 4. The molecule has 2 unspecified atom stereocenters. The third-order valence-corrected chi connectivity index (χ3v) is 2.73. The van der Waals surface area contributed by atoms with E-state index in [4.69, 9.17) is 5.73 Å². The molecule has 0 aromatic carbocycles. The molecule has 0 aromatic rings. The first-order valence-electron chi connectivity index (χ1n) is 6.03. The highest BCUT2D eigenvalue weighted by Gasteiger charge is 2.18. The maximum atomic E-state index is 11.6. The first-order valence-corrected chi connectivity index (χ1v) is 6.03. The zero-order valence-corrected chi connectivity index (χ0v) is 10.5. The first kappa shape index (κ1) is 15.3. The predicted molar refractivity (Wildman–Crippen MR) is 66.1 cm³/mol. The number of ketones is 1. The first-order chi connectivity index (χ1) is 9.02. The van der Waals surface area contributed by atoms with Gasteiger partial charge in [-0.25, -0.2) is 0 Å². The van der Waals surface area contributed by atoms with Gasteiger partial charge < -0.3 is 21.2 Å². The maximum absolute atomic E-state index is 11.6. The molecular formula is C11H18N4O4. The lowest BCUT2D eigenvalue weighted by molar-refractivity contribution is -0.129. The topological polar surface area (TPSA) is 130 Å². The second-order valence-electron chi connectivity index (χ2n) is 4.32. The van der Waals surface area contributed by atoms with Gasteiger partial charge in [0, 0.05) is 13.1 Å². The number of Topliss-reactive ketones (excluding diaryl/α,β-unsaturated/α-hetero) is 1. The van der Waals surface area contributed by atoms with Crippen LogP contribution in [-0.4, -0.2) is 55.6 Å². The number of nitrogens with two attached hydrogens (primary N) is 1. The average Bonchev–Trinajstić information content (AvgIpc) is 2.38. The van der Waals surface area contributed by atoms with Crippen molar-refractivity contribution in [1.29, 1.82) is 0 Å². The van der Waals surface area contributed by atoms with E-state index in [2.05, 4.69) is 16.0 Å². The molecule has 0 spiro atoms. The lowest BCUT2D eigenvalue weighted by Crippen LogP contribution is -2.46. The van der Waals surface area contributed by atoms with Gasteiger partial charge in [0.15, 0.2) is 5.78 Å². The number of carbonyl (C=O) groups is 4. The van der Waals surface area contributed by atoms with Crippen LogP contribution < -0.4 is 21.7 Å². The maximum Gasteiger partial charge on any atom is 0.229 e. The molecule has 8 nitrogen and oxygen atoms in total. The fraction of sp³-hybridized carbons (Fsp3) is 0.636. The van der Waals surface area contributed by atoms with Crippen LogP contribution in [0, 0.1) is 0 Å². The van der Waals surface area contributed by atoms with Crippen LogP contribution in [0.5, 0.6) is 0 Å². The van der Waals surface area contributed by atoms with Gasteiger partial charge in [-0.15, -0.1) is 0 Å². The van der Waals surface area contributed by atoms with Gasteiger partial charge in [-0.2, -0.15) is 0 Å². The third-order valence-electron chi connectivity index (χ3n) is 2.73. The van der Waals surface area contributed by atoms with Crippen LogP contribution in [0.1, 0.15) is 12.8 Å². The molecule has 1 aliphatic heterocycles. The Hall–Kier alpha value is -1.80. The molecule has 2 amide bonds. The van der Waals surface area contributed by atoms with Gasteiger partial charge in [0.25, 0.3) is 0 Å². The summed E-state index contributed by atoms with van der Waals surface area (Å²) in [5.41, 5.74) is 5.65. The molecule has 19 heavy (non-hydrogen) atoms. The largest absolute Gasteiger partial charge is 0.356 e. The molecule has 0 aliphatic carbocycles. The highest BCUT2D eigenvalue weighted by molar-refractivity contribution is 5.97. The van der Waals surface area contributed by atoms with Crippen LogP contribution in [0.3, 0.4) is 0 Å². The number of aldehydes is 1. The summed E-state index contributed by atoms with van der Waals surface area (Å²) >= 11 is 0. The van der Waals surface area contributed by atoms with Crippen molar-refractivity contribution in [3.05, 3.63) is 0 Å².